The second kappa shape index (κ2) is 1.63. The van der Waals surface area contributed by atoms with E-state index in [0.29, 0.717) is 12.2 Å². The second-order valence-electron chi connectivity index (χ2n) is 1.24. The molecule has 1 heterocycles. The van der Waals surface area contributed by atoms with E-state index in [1.165, 1.54) is 6.26 Å². The van der Waals surface area contributed by atoms with Crippen LogP contribution in [0.15, 0.2) is 17.9 Å². The third-order valence-electron chi connectivity index (χ3n) is 0.735. The SMILES string of the molecule is O=C=C1C=COC1. The maximum atomic E-state index is 9.71. The summed E-state index contributed by atoms with van der Waals surface area (Å²) in [4.78, 5) is 9.71. The zero-order valence-electron chi connectivity index (χ0n) is 3.68. The van der Waals surface area contributed by atoms with Crippen molar-refractivity contribution in [2.45, 2.75) is 0 Å². The van der Waals surface area contributed by atoms with Crippen LogP contribution in [0.1, 0.15) is 0 Å². The van der Waals surface area contributed by atoms with Crippen molar-refractivity contribution in [2.24, 2.45) is 0 Å². The molecule has 0 amide bonds. The summed E-state index contributed by atoms with van der Waals surface area (Å²) in [5.74, 6) is 1.72. The van der Waals surface area contributed by atoms with Gasteiger partial charge in [0.2, 0.25) is 0 Å². The van der Waals surface area contributed by atoms with Crippen molar-refractivity contribution in [3.63, 3.8) is 0 Å². The number of hydrogen-bond donors (Lipinski definition) is 0. The lowest BCUT2D eigenvalue weighted by Gasteiger charge is -1.81. The normalized spacial score (nSPS) is 16.3. The Morgan fingerprint density at radius 2 is 2.71 bits per heavy atom. The van der Waals surface area contributed by atoms with Gasteiger partial charge in [-0.15, -0.1) is 0 Å². The molecule has 0 fully saturated rings. The molecule has 0 N–H and O–H groups in total. The molecule has 2 nitrogen and oxygen atoms in total. The molecule has 1 rings (SSSR count). The molecule has 0 atom stereocenters. The van der Waals surface area contributed by atoms with Crippen LogP contribution in [0.4, 0.5) is 0 Å². The molecule has 36 valence electrons. The molecule has 0 aromatic heterocycles. The molecule has 0 aromatic rings. The lowest BCUT2D eigenvalue weighted by Crippen LogP contribution is -1.80. The van der Waals surface area contributed by atoms with Gasteiger partial charge in [0.15, 0.2) is 0 Å². The Balaban J connectivity index is 2.77. The average Bonchev–Trinajstić information content (AvgIpc) is 2.14. The predicted molar refractivity (Wildman–Crippen MR) is 24.3 cm³/mol. The molecule has 7 heavy (non-hydrogen) atoms. The van der Waals surface area contributed by atoms with Gasteiger partial charge in [-0.05, 0) is 6.08 Å². The standard InChI is InChI=1S/C5H4O2/c6-3-5-1-2-7-4-5/h1-2H,4H2. The molecule has 0 radical (unpaired) electrons. The van der Waals surface area contributed by atoms with Gasteiger partial charge in [0.1, 0.15) is 12.5 Å². The van der Waals surface area contributed by atoms with Crippen LogP contribution in [0.5, 0.6) is 0 Å². The Hall–Kier alpha value is -1.01. The van der Waals surface area contributed by atoms with E-state index in [9.17, 15) is 4.79 Å². The molecular formula is C5H4O2. The Bertz CT molecular complexity index is 140. The minimum absolute atomic E-state index is 0.392. The highest BCUT2D eigenvalue weighted by molar-refractivity contribution is 5.58. The van der Waals surface area contributed by atoms with Crippen molar-refractivity contribution < 1.29 is 9.53 Å². The fourth-order valence-corrected chi connectivity index (χ4v) is 0.380. The third-order valence-corrected chi connectivity index (χ3v) is 0.735. The second-order valence-corrected chi connectivity index (χ2v) is 1.24. The number of carbonyl (C=O) groups excluding carboxylic acids is 1. The van der Waals surface area contributed by atoms with Crippen LogP contribution in [-0.2, 0) is 9.53 Å². The van der Waals surface area contributed by atoms with E-state index in [1.807, 2.05) is 0 Å². The van der Waals surface area contributed by atoms with E-state index in [-0.39, 0.29) is 0 Å². The Labute approximate surface area is 41.1 Å². The first-order valence-corrected chi connectivity index (χ1v) is 1.95. The van der Waals surface area contributed by atoms with Gasteiger partial charge in [-0.1, -0.05) is 0 Å². The monoisotopic (exact) mass is 96.0 g/mol. The zero-order valence-corrected chi connectivity index (χ0v) is 3.68. The van der Waals surface area contributed by atoms with Gasteiger partial charge >= 0.3 is 0 Å². The number of rotatable bonds is 0. The summed E-state index contributed by atoms with van der Waals surface area (Å²) in [5, 5.41) is 0. The van der Waals surface area contributed by atoms with Gasteiger partial charge in [-0.2, -0.15) is 0 Å². The minimum Gasteiger partial charge on any atom is -0.496 e. The highest BCUT2D eigenvalue weighted by atomic mass is 16.5. The molecule has 2 heteroatoms. The largest absolute Gasteiger partial charge is 0.496 e. The van der Waals surface area contributed by atoms with Crippen LogP contribution in [0, 0.1) is 0 Å². The van der Waals surface area contributed by atoms with Gasteiger partial charge in [0, 0.05) is 0 Å². The van der Waals surface area contributed by atoms with Crippen molar-refractivity contribution >= 4 is 5.94 Å². The highest BCUT2D eigenvalue weighted by Gasteiger charge is 1.97. The first-order chi connectivity index (χ1) is 3.43. The van der Waals surface area contributed by atoms with Gasteiger partial charge in [0.25, 0.3) is 0 Å². The molecule has 1 aliphatic rings. The molecule has 0 saturated carbocycles. The van der Waals surface area contributed by atoms with Crippen molar-refractivity contribution in [1.82, 2.24) is 0 Å². The topological polar surface area (TPSA) is 26.3 Å². The van der Waals surface area contributed by atoms with Crippen molar-refractivity contribution in [3.05, 3.63) is 17.9 Å². The Morgan fingerprint density at radius 3 is 3.00 bits per heavy atom. The lowest BCUT2D eigenvalue weighted by atomic mass is 10.3. The molecule has 0 aromatic carbocycles. The van der Waals surface area contributed by atoms with Gasteiger partial charge in [0.05, 0.1) is 11.8 Å². The maximum absolute atomic E-state index is 9.71. The Kier molecular flexibility index (Phi) is 0.966. The Morgan fingerprint density at radius 1 is 1.86 bits per heavy atom. The first kappa shape index (κ1) is 4.16. The summed E-state index contributed by atoms with van der Waals surface area (Å²) in [6.45, 7) is 0.392. The quantitative estimate of drug-likeness (QED) is 0.405. The summed E-state index contributed by atoms with van der Waals surface area (Å²) in [6, 6.07) is 0. The van der Waals surface area contributed by atoms with E-state index in [0.717, 1.165) is 0 Å². The summed E-state index contributed by atoms with van der Waals surface area (Å²) in [6.07, 6.45) is 3.09. The minimum atomic E-state index is 0.392. The summed E-state index contributed by atoms with van der Waals surface area (Å²) >= 11 is 0. The van der Waals surface area contributed by atoms with Crippen LogP contribution in [0.2, 0.25) is 0 Å². The van der Waals surface area contributed by atoms with Gasteiger partial charge in [-0.25, -0.2) is 4.79 Å². The van der Waals surface area contributed by atoms with Crippen LogP contribution in [0.25, 0.3) is 0 Å². The average molecular weight is 96.1 g/mol. The van der Waals surface area contributed by atoms with Crippen LogP contribution < -0.4 is 0 Å². The summed E-state index contributed by atoms with van der Waals surface area (Å²) in [5.41, 5.74) is 0.583. The van der Waals surface area contributed by atoms with Crippen molar-refractivity contribution in [1.29, 1.82) is 0 Å². The highest BCUT2D eigenvalue weighted by Crippen LogP contribution is 2.00. The third kappa shape index (κ3) is 0.699. The van der Waals surface area contributed by atoms with E-state index >= 15 is 0 Å². The zero-order chi connectivity index (χ0) is 5.11. The number of hydrogen-bond acceptors (Lipinski definition) is 2. The van der Waals surface area contributed by atoms with E-state index in [2.05, 4.69) is 4.74 Å². The molecule has 0 aliphatic carbocycles. The molecule has 0 bridgehead atoms. The lowest BCUT2D eigenvalue weighted by molar-refractivity contribution is 0.302. The fourth-order valence-electron chi connectivity index (χ4n) is 0.380. The van der Waals surface area contributed by atoms with Crippen molar-refractivity contribution in [3.8, 4) is 0 Å². The molecular weight excluding hydrogens is 92.1 g/mol. The van der Waals surface area contributed by atoms with Crippen LogP contribution >= 0.6 is 0 Å². The van der Waals surface area contributed by atoms with E-state index < -0.39 is 0 Å². The van der Waals surface area contributed by atoms with Crippen molar-refractivity contribution in [2.75, 3.05) is 6.61 Å². The molecule has 0 spiro atoms. The maximum Gasteiger partial charge on any atom is 0.131 e. The summed E-state index contributed by atoms with van der Waals surface area (Å²) < 4.78 is 4.67. The smallest absolute Gasteiger partial charge is 0.131 e. The first-order valence-electron chi connectivity index (χ1n) is 1.95. The molecule has 1 aliphatic heterocycles. The summed E-state index contributed by atoms with van der Waals surface area (Å²) in [7, 11) is 0. The van der Waals surface area contributed by atoms with E-state index in [1.54, 1.807) is 12.0 Å². The number of ether oxygens (including phenoxy) is 1. The molecule has 0 unspecified atom stereocenters. The van der Waals surface area contributed by atoms with Gasteiger partial charge in [-0.3, -0.25) is 0 Å². The van der Waals surface area contributed by atoms with Crippen LogP contribution in [-0.4, -0.2) is 12.5 Å². The molecule has 0 saturated heterocycles. The van der Waals surface area contributed by atoms with E-state index in [4.69, 9.17) is 0 Å². The fraction of sp³-hybridized carbons (Fsp3) is 0.200. The predicted octanol–water partition coefficient (Wildman–Crippen LogP) is 0.288. The van der Waals surface area contributed by atoms with Gasteiger partial charge < -0.3 is 4.74 Å². The van der Waals surface area contributed by atoms with Crippen LogP contribution in [0.3, 0.4) is 0 Å².